The van der Waals surface area contributed by atoms with Gasteiger partial charge in [-0.05, 0) is 97.1 Å². The van der Waals surface area contributed by atoms with E-state index in [4.69, 9.17) is 32.7 Å². The fourth-order valence-electron chi connectivity index (χ4n) is 5.21. The van der Waals surface area contributed by atoms with Gasteiger partial charge in [0.2, 0.25) is 5.91 Å². The van der Waals surface area contributed by atoms with Gasteiger partial charge in [-0.15, -0.1) is 0 Å². The second-order valence-corrected chi connectivity index (χ2v) is 11.4. The maximum absolute atomic E-state index is 13.0. The van der Waals surface area contributed by atoms with Gasteiger partial charge >= 0.3 is 5.97 Å². The van der Waals surface area contributed by atoms with E-state index in [1.807, 2.05) is 73.7 Å². The summed E-state index contributed by atoms with van der Waals surface area (Å²) in [6.45, 7) is 4.38. The Bertz CT molecular complexity index is 1770. The van der Waals surface area contributed by atoms with E-state index in [1.54, 1.807) is 25.1 Å². The molecule has 1 aromatic heterocycles. The quantitative estimate of drug-likeness (QED) is 0.0838. The molecule has 5 aromatic rings. The number of hydrogen-bond acceptors (Lipinski definition) is 4. The summed E-state index contributed by atoms with van der Waals surface area (Å²) in [5.74, 6) is 0.0266. The minimum absolute atomic E-state index is 0.0854. The highest BCUT2D eigenvalue weighted by Crippen LogP contribution is 2.33. The van der Waals surface area contributed by atoms with Crippen LogP contribution in [0, 0.1) is 0 Å². The minimum atomic E-state index is -0.265. The fourth-order valence-corrected chi connectivity index (χ4v) is 5.47. The summed E-state index contributed by atoms with van der Waals surface area (Å²) in [6.07, 6.45) is 4.46. The van der Waals surface area contributed by atoms with Crippen molar-refractivity contribution in [3.63, 3.8) is 0 Å². The standard InChI is InChI=1S/C37H34Cl2N2O4/c1-3-44-36(43)9-6-22-45-34-8-5-4-7-32(34)40-35(42)23-25(2)28-14-19-33-29(24-28)20-21-41(33)37(26-10-15-30(38)16-11-26)27-12-17-31(39)18-13-27/h4-5,7-8,10-21,23-24,37H,3,6,9,22H2,1-2H3,(H,40,42)/b25-23+. The van der Waals surface area contributed by atoms with Crippen molar-refractivity contribution in [3.05, 3.63) is 136 Å². The molecule has 4 aromatic carbocycles. The molecule has 0 unspecified atom stereocenters. The monoisotopic (exact) mass is 640 g/mol. The van der Waals surface area contributed by atoms with E-state index in [0.717, 1.165) is 33.2 Å². The van der Waals surface area contributed by atoms with Gasteiger partial charge in [0.15, 0.2) is 0 Å². The Kier molecular flexibility index (Phi) is 10.6. The van der Waals surface area contributed by atoms with Gasteiger partial charge in [-0.2, -0.15) is 0 Å². The summed E-state index contributed by atoms with van der Waals surface area (Å²) < 4.78 is 13.0. The van der Waals surface area contributed by atoms with Gasteiger partial charge in [-0.1, -0.05) is 65.7 Å². The highest BCUT2D eigenvalue weighted by molar-refractivity contribution is 6.30. The zero-order chi connectivity index (χ0) is 31.8. The zero-order valence-corrected chi connectivity index (χ0v) is 26.6. The van der Waals surface area contributed by atoms with Crippen LogP contribution in [0.4, 0.5) is 5.69 Å². The number of aromatic nitrogens is 1. The molecule has 0 aliphatic heterocycles. The van der Waals surface area contributed by atoms with Crippen LogP contribution < -0.4 is 10.1 Å². The lowest BCUT2D eigenvalue weighted by molar-refractivity contribution is -0.143. The lowest BCUT2D eigenvalue weighted by Crippen LogP contribution is -2.11. The number of nitrogens with zero attached hydrogens (tertiary/aromatic N) is 1. The van der Waals surface area contributed by atoms with Crippen LogP contribution in [0.25, 0.3) is 16.5 Å². The lowest BCUT2D eigenvalue weighted by atomic mass is 9.98. The van der Waals surface area contributed by atoms with Gasteiger partial charge in [-0.3, -0.25) is 9.59 Å². The number of benzene rings is 4. The molecule has 45 heavy (non-hydrogen) atoms. The average molecular weight is 642 g/mol. The summed E-state index contributed by atoms with van der Waals surface area (Å²) in [7, 11) is 0. The van der Waals surface area contributed by atoms with Crippen molar-refractivity contribution in [1.82, 2.24) is 4.57 Å². The Balaban J connectivity index is 1.33. The van der Waals surface area contributed by atoms with E-state index < -0.39 is 0 Å². The molecule has 0 aliphatic rings. The van der Waals surface area contributed by atoms with E-state index in [2.05, 4.69) is 34.3 Å². The third-order valence-electron chi connectivity index (χ3n) is 7.41. The van der Waals surface area contributed by atoms with Crippen molar-refractivity contribution >= 4 is 57.2 Å². The molecule has 230 valence electrons. The fraction of sp³-hybridized carbons (Fsp3) is 0.189. The molecule has 0 radical (unpaired) electrons. The highest BCUT2D eigenvalue weighted by atomic mass is 35.5. The first-order chi connectivity index (χ1) is 21.8. The Labute approximate surface area is 273 Å². The first-order valence-electron chi connectivity index (χ1n) is 14.8. The normalized spacial score (nSPS) is 11.5. The van der Waals surface area contributed by atoms with Crippen molar-refractivity contribution in [2.45, 2.75) is 32.7 Å². The molecule has 0 saturated heterocycles. The van der Waals surface area contributed by atoms with Crippen LogP contribution >= 0.6 is 23.2 Å². The number of rotatable bonds is 12. The summed E-state index contributed by atoms with van der Waals surface area (Å²) in [4.78, 5) is 24.6. The number of allylic oxidation sites excluding steroid dienone is 1. The molecule has 0 aliphatic carbocycles. The van der Waals surface area contributed by atoms with Crippen LogP contribution in [-0.2, 0) is 14.3 Å². The van der Waals surface area contributed by atoms with Crippen molar-refractivity contribution in [2.75, 3.05) is 18.5 Å². The van der Waals surface area contributed by atoms with Gasteiger partial charge in [0, 0.05) is 39.6 Å². The number of nitrogens with one attached hydrogen (secondary N) is 1. The van der Waals surface area contributed by atoms with Crippen LogP contribution in [-0.4, -0.2) is 29.7 Å². The second kappa shape index (κ2) is 15.0. The van der Waals surface area contributed by atoms with Crippen LogP contribution in [0.1, 0.15) is 49.4 Å². The Morgan fingerprint density at radius 2 is 1.56 bits per heavy atom. The maximum Gasteiger partial charge on any atom is 0.305 e. The molecule has 0 spiro atoms. The third kappa shape index (κ3) is 8.15. The predicted molar refractivity (Wildman–Crippen MR) is 182 cm³/mol. The number of esters is 1. The number of anilines is 1. The number of amides is 1. The van der Waals surface area contributed by atoms with Gasteiger partial charge in [0.1, 0.15) is 5.75 Å². The molecule has 5 rings (SSSR count). The molecule has 0 saturated carbocycles. The Morgan fingerprint density at radius 1 is 0.889 bits per heavy atom. The number of carbonyl (C=O) groups excluding carboxylic acids is 2. The van der Waals surface area contributed by atoms with Crippen molar-refractivity contribution in [3.8, 4) is 5.75 Å². The van der Waals surface area contributed by atoms with E-state index in [9.17, 15) is 9.59 Å². The number of fused-ring (bicyclic) bond motifs is 1. The Hall–Kier alpha value is -4.52. The molecule has 6 nitrogen and oxygen atoms in total. The largest absolute Gasteiger partial charge is 0.491 e. The lowest BCUT2D eigenvalue weighted by Gasteiger charge is -2.22. The predicted octanol–water partition coefficient (Wildman–Crippen LogP) is 9.35. The third-order valence-corrected chi connectivity index (χ3v) is 7.91. The maximum atomic E-state index is 13.0. The van der Waals surface area contributed by atoms with Crippen molar-refractivity contribution in [2.24, 2.45) is 0 Å². The number of ether oxygens (including phenoxy) is 2. The topological polar surface area (TPSA) is 69.6 Å². The van der Waals surface area contributed by atoms with Crippen molar-refractivity contribution in [1.29, 1.82) is 0 Å². The van der Waals surface area contributed by atoms with Crippen LogP contribution in [0.2, 0.25) is 10.0 Å². The minimum Gasteiger partial charge on any atom is -0.491 e. The number of carbonyl (C=O) groups is 2. The number of hydrogen-bond donors (Lipinski definition) is 1. The molecule has 1 N–H and O–H groups in total. The van der Waals surface area contributed by atoms with E-state index in [-0.39, 0.29) is 24.3 Å². The smallest absolute Gasteiger partial charge is 0.305 e. The van der Waals surface area contributed by atoms with Crippen LogP contribution in [0.15, 0.2) is 109 Å². The van der Waals surface area contributed by atoms with E-state index >= 15 is 0 Å². The van der Waals surface area contributed by atoms with E-state index in [0.29, 0.717) is 41.1 Å². The summed E-state index contributed by atoms with van der Waals surface area (Å²) in [6, 6.07) is 31.2. The summed E-state index contributed by atoms with van der Waals surface area (Å²) >= 11 is 12.4. The van der Waals surface area contributed by atoms with Gasteiger partial charge in [0.05, 0.1) is 24.9 Å². The van der Waals surface area contributed by atoms with Gasteiger partial charge in [-0.25, -0.2) is 0 Å². The van der Waals surface area contributed by atoms with Gasteiger partial charge in [0.25, 0.3) is 0 Å². The molecule has 1 heterocycles. The van der Waals surface area contributed by atoms with Gasteiger partial charge < -0.3 is 19.4 Å². The first kappa shape index (κ1) is 31.9. The number of halogens is 2. The SMILES string of the molecule is CCOC(=O)CCCOc1ccccc1NC(=O)/C=C(\C)c1ccc2c(ccn2C(c2ccc(Cl)cc2)c2ccc(Cl)cc2)c1. The summed E-state index contributed by atoms with van der Waals surface area (Å²) in [5, 5.41) is 5.35. The molecule has 1 amide bonds. The Morgan fingerprint density at radius 3 is 2.22 bits per heavy atom. The van der Waals surface area contributed by atoms with Crippen molar-refractivity contribution < 1.29 is 19.1 Å². The number of para-hydroxylation sites is 2. The molecule has 0 bridgehead atoms. The molecule has 0 atom stereocenters. The average Bonchev–Trinajstić information content (AvgIpc) is 3.45. The highest BCUT2D eigenvalue weighted by Gasteiger charge is 2.19. The second-order valence-electron chi connectivity index (χ2n) is 10.6. The molecule has 0 fully saturated rings. The summed E-state index contributed by atoms with van der Waals surface area (Å²) in [5.41, 5.74) is 5.57. The molecule has 8 heteroatoms. The first-order valence-corrected chi connectivity index (χ1v) is 15.6. The molecular formula is C37H34Cl2N2O4. The zero-order valence-electron chi connectivity index (χ0n) is 25.1. The molecular weight excluding hydrogens is 607 g/mol. The van der Waals surface area contributed by atoms with E-state index in [1.165, 1.54) is 0 Å². The van der Waals surface area contributed by atoms with Crippen LogP contribution in [0.3, 0.4) is 0 Å². The van der Waals surface area contributed by atoms with Crippen LogP contribution in [0.5, 0.6) is 5.75 Å².